The van der Waals surface area contributed by atoms with E-state index in [1.165, 1.54) is 0 Å². The molecule has 1 fully saturated rings. The molecule has 21 heavy (non-hydrogen) atoms. The summed E-state index contributed by atoms with van der Waals surface area (Å²) in [5.41, 5.74) is 2.88. The lowest BCUT2D eigenvalue weighted by Crippen LogP contribution is -2.38. The number of benzene rings is 1. The lowest BCUT2D eigenvalue weighted by atomic mass is 10.0. The summed E-state index contributed by atoms with van der Waals surface area (Å²) in [5, 5.41) is 0. The van der Waals surface area contributed by atoms with Gasteiger partial charge in [-0.05, 0) is 18.6 Å². The molecule has 1 amide bonds. The van der Waals surface area contributed by atoms with Crippen molar-refractivity contribution in [1.29, 1.82) is 0 Å². The van der Waals surface area contributed by atoms with E-state index in [-0.39, 0.29) is 5.91 Å². The van der Waals surface area contributed by atoms with Gasteiger partial charge in [-0.25, -0.2) is 0 Å². The zero-order valence-corrected chi connectivity index (χ0v) is 12.7. The van der Waals surface area contributed by atoms with Crippen molar-refractivity contribution in [2.24, 2.45) is 0 Å². The number of aryl methyl sites for hydroxylation is 1. The van der Waals surface area contributed by atoms with Gasteiger partial charge in [0.1, 0.15) is 12.4 Å². The Labute approximate surface area is 125 Å². The molecule has 2 heterocycles. The third kappa shape index (κ3) is 2.89. The third-order valence-corrected chi connectivity index (χ3v) is 4.20. The van der Waals surface area contributed by atoms with E-state index in [2.05, 4.69) is 4.90 Å². The maximum atomic E-state index is 12.1. The molecule has 0 atom stereocenters. The van der Waals surface area contributed by atoms with Crippen molar-refractivity contribution in [3.8, 4) is 5.75 Å². The van der Waals surface area contributed by atoms with Crippen molar-refractivity contribution >= 4 is 5.91 Å². The quantitative estimate of drug-likeness (QED) is 0.838. The first-order valence-corrected chi connectivity index (χ1v) is 7.47. The molecule has 0 spiro atoms. The molecule has 0 saturated carbocycles. The first kappa shape index (κ1) is 14.4. The van der Waals surface area contributed by atoms with E-state index in [1.807, 2.05) is 26.1 Å². The number of fused-ring (bicyclic) bond motifs is 1. The number of ether oxygens (including phenoxy) is 2. The lowest BCUT2D eigenvalue weighted by Gasteiger charge is -2.26. The van der Waals surface area contributed by atoms with Crippen LogP contribution in [-0.4, -0.2) is 62.2 Å². The predicted octanol–water partition coefficient (Wildman–Crippen LogP) is 1.29. The van der Waals surface area contributed by atoms with E-state index >= 15 is 0 Å². The van der Waals surface area contributed by atoms with Crippen LogP contribution in [0.3, 0.4) is 0 Å². The Morgan fingerprint density at radius 2 is 2.05 bits per heavy atom. The van der Waals surface area contributed by atoms with Crippen LogP contribution in [0, 0.1) is 6.92 Å². The molecule has 114 valence electrons. The summed E-state index contributed by atoms with van der Waals surface area (Å²) in [6.07, 6.45) is 0. The normalized spacial score (nSPS) is 19.0. The number of rotatable bonds is 4. The molecule has 0 N–H and O–H groups in total. The van der Waals surface area contributed by atoms with E-state index < -0.39 is 0 Å². The number of hydrogen-bond acceptors (Lipinski definition) is 4. The summed E-state index contributed by atoms with van der Waals surface area (Å²) in [6, 6.07) is 3.96. The first-order valence-electron chi connectivity index (χ1n) is 7.47. The largest absolute Gasteiger partial charge is 0.492 e. The van der Waals surface area contributed by atoms with Crippen LogP contribution in [0.1, 0.15) is 21.5 Å². The van der Waals surface area contributed by atoms with Gasteiger partial charge in [0, 0.05) is 32.2 Å². The molecule has 2 aliphatic heterocycles. The minimum atomic E-state index is 0.0983. The van der Waals surface area contributed by atoms with Gasteiger partial charge in [-0.1, -0.05) is 6.07 Å². The van der Waals surface area contributed by atoms with Gasteiger partial charge in [0.15, 0.2) is 0 Å². The molecule has 5 nitrogen and oxygen atoms in total. The van der Waals surface area contributed by atoms with Crippen molar-refractivity contribution in [3.63, 3.8) is 0 Å². The van der Waals surface area contributed by atoms with E-state index in [4.69, 9.17) is 9.47 Å². The predicted molar refractivity (Wildman–Crippen MR) is 79.7 cm³/mol. The van der Waals surface area contributed by atoms with Crippen molar-refractivity contribution in [1.82, 2.24) is 9.80 Å². The highest BCUT2D eigenvalue weighted by Crippen LogP contribution is 2.32. The maximum absolute atomic E-state index is 12.1. The molecule has 1 saturated heterocycles. The second-order valence-corrected chi connectivity index (χ2v) is 5.70. The molecule has 3 rings (SSSR count). The van der Waals surface area contributed by atoms with Crippen molar-refractivity contribution in [2.45, 2.75) is 13.5 Å². The maximum Gasteiger partial charge on any atom is 0.254 e. The fraction of sp³-hybridized carbons (Fsp3) is 0.562. The average Bonchev–Trinajstić information content (AvgIpc) is 2.79. The van der Waals surface area contributed by atoms with Crippen molar-refractivity contribution < 1.29 is 14.3 Å². The Balaban J connectivity index is 1.65. The number of carbonyl (C=O) groups excluding carboxylic acids is 1. The smallest absolute Gasteiger partial charge is 0.254 e. The molecule has 5 heteroatoms. The van der Waals surface area contributed by atoms with Crippen LogP contribution in [-0.2, 0) is 11.3 Å². The SMILES string of the molecule is Cc1ccc(OCCN2CCOCC2)c2c1C(=O)N(C)C2. The van der Waals surface area contributed by atoms with Crippen LogP contribution in [0.4, 0.5) is 0 Å². The fourth-order valence-electron chi connectivity index (χ4n) is 2.95. The highest BCUT2D eigenvalue weighted by atomic mass is 16.5. The van der Waals surface area contributed by atoms with Gasteiger partial charge >= 0.3 is 0 Å². The van der Waals surface area contributed by atoms with Gasteiger partial charge in [0.25, 0.3) is 5.91 Å². The Kier molecular flexibility index (Phi) is 4.12. The standard InChI is InChI=1S/C16H22N2O3/c1-12-3-4-14(13-11-17(2)16(19)15(12)13)21-10-7-18-5-8-20-9-6-18/h3-4H,5-11H2,1-2H3. The summed E-state index contributed by atoms with van der Waals surface area (Å²) in [6.45, 7) is 7.71. The van der Waals surface area contributed by atoms with E-state index in [9.17, 15) is 4.79 Å². The van der Waals surface area contributed by atoms with Gasteiger partial charge in [-0.15, -0.1) is 0 Å². The molecule has 0 radical (unpaired) electrons. The van der Waals surface area contributed by atoms with Gasteiger partial charge < -0.3 is 14.4 Å². The molecular formula is C16H22N2O3. The van der Waals surface area contributed by atoms with Gasteiger partial charge in [-0.3, -0.25) is 9.69 Å². The van der Waals surface area contributed by atoms with Crippen molar-refractivity contribution in [3.05, 3.63) is 28.8 Å². The molecule has 0 bridgehead atoms. The number of amides is 1. The van der Waals surface area contributed by atoms with Gasteiger partial charge in [0.2, 0.25) is 0 Å². The van der Waals surface area contributed by atoms with E-state index in [0.717, 1.165) is 55.3 Å². The van der Waals surface area contributed by atoms with Crippen LogP contribution in [0.15, 0.2) is 12.1 Å². The summed E-state index contributed by atoms with van der Waals surface area (Å²) in [4.78, 5) is 16.2. The second-order valence-electron chi connectivity index (χ2n) is 5.70. The Hall–Kier alpha value is -1.59. The summed E-state index contributed by atoms with van der Waals surface area (Å²) < 4.78 is 11.3. The summed E-state index contributed by atoms with van der Waals surface area (Å²) in [5.74, 6) is 0.947. The third-order valence-electron chi connectivity index (χ3n) is 4.20. The van der Waals surface area contributed by atoms with Gasteiger partial charge in [-0.2, -0.15) is 0 Å². The summed E-state index contributed by atoms with van der Waals surface area (Å²) >= 11 is 0. The van der Waals surface area contributed by atoms with Crippen molar-refractivity contribution in [2.75, 3.05) is 46.5 Å². The Morgan fingerprint density at radius 1 is 1.29 bits per heavy atom. The number of hydrogen-bond donors (Lipinski definition) is 0. The highest BCUT2D eigenvalue weighted by molar-refractivity contribution is 6.00. The lowest BCUT2D eigenvalue weighted by molar-refractivity contribution is 0.0322. The molecule has 1 aromatic carbocycles. The average molecular weight is 290 g/mol. The first-order chi connectivity index (χ1) is 10.2. The Bertz CT molecular complexity index is 539. The molecule has 0 aliphatic carbocycles. The minimum absolute atomic E-state index is 0.0983. The minimum Gasteiger partial charge on any atom is -0.492 e. The number of carbonyl (C=O) groups is 1. The number of nitrogens with zero attached hydrogens (tertiary/aromatic N) is 2. The van der Waals surface area contributed by atoms with E-state index in [1.54, 1.807) is 4.90 Å². The Morgan fingerprint density at radius 3 is 2.81 bits per heavy atom. The van der Waals surface area contributed by atoms with Crippen LogP contribution < -0.4 is 4.74 Å². The molecule has 1 aromatic rings. The fourth-order valence-corrected chi connectivity index (χ4v) is 2.95. The monoisotopic (exact) mass is 290 g/mol. The highest BCUT2D eigenvalue weighted by Gasteiger charge is 2.29. The van der Waals surface area contributed by atoms with E-state index in [0.29, 0.717) is 13.2 Å². The van der Waals surface area contributed by atoms with Crippen LogP contribution >= 0.6 is 0 Å². The molecule has 0 aromatic heterocycles. The van der Waals surface area contributed by atoms with Gasteiger partial charge in [0.05, 0.1) is 25.3 Å². The summed E-state index contributed by atoms with van der Waals surface area (Å²) in [7, 11) is 1.83. The van der Waals surface area contributed by atoms with Crippen LogP contribution in [0.2, 0.25) is 0 Å². The molecule has 2 aliphatic rings. The van der Waals surface area contributed by atoms with Crippen LogP contribution in [0.5, 0.6) is 5.75 Å². The molecule has 0 unspecified atom stereocenters. The number of morpholine rings is 1. The molecular weight excluding hydrogens is 268 g/mol. The zero-order valence-electron chi connectivity index (χ0n) is 12.7. The zero-order chi connectivity index (χ0) is 14.8. The topological polar surface area (TPSA) is 42.0 Å². The second kappa shape index (κ2) is 6.03. The van der Waals surface area contributed by atoms with Crippen LogP contribution in [0.25, 0.3) is 0 Å².